The third-order valence-corrected chi connectivity index (χ3v) is 6.09. The van der Waals surface area contributed by atoms with Gasteiger partial charge in [0.2, 0.25) is 0 Å². The van der Waals surface area contributed by atoms with E-state index in [1.54, 1.807) is 0 Å². The van der Waals surface area contributed by atoms with Crippen molar-refractivity contribution < 1.29 is 9.53 Å². The van der Waals surface area contributed by atoms with Gasteiger partial charge in [0.05, 0.1) is 7.11 Å². The van der Waals surface area contributed by atoms with E-state index >= 15 is 0 Å². The lowest BCUT2D eigenvalue weighted by Gasteiger charge is -2.21. The summed E-state index contributed by atoms with van der Waals surface area (Å²) < 4.78 is 4.66. The van der Waals surface area contributed by atoms with Gasteiger partial charge in [-0.2, -0.15) is 0 Å². The molecule has 1 heterocycles. The molecule has 0 bridgehead atoms. The van der Waals surface area contributed by atoms with Gasteiger partial charge in [0.25, 0.3) is 0 Å². The minimum Gasteiger partial charge on any atom is -0.469 e. The average Bonchev–Trinajstić information content (AvgIpc) is 3.18. The molecule has 0 saturated carbocycles. The molecule has 1 aromatic rings. The van der Waals surface area contributed by atoms with E-state index in [1.165, 1.54) is 18.4 Å². The van der Waals surface area contributed by atoms with E-state index < -0.39 is 0 Å². The van der Waals surface area contributed by atoms with Gasteiger partial charge in [-0.3, -0.25) is 9.79 Å². The molecule has 1 aromatic carbocycles. The van der Waals surface area contributed by atoms with E-state index in [1.807, 2.05) is 18.8 Å². The van der Waals surface area contributed by atoms with Gasteiger partial charge in [0.15, 0.2) is 5.96 Å². The Balaban J connectivity index is 1.58. The fourth-order valence-electron chi connectivity index (χ4n) is 3.27. The molecule has 1 saturated heterocycles. The van der Waals surface area contributed by atoms with Crippen molar-refractivity contribution >= 4 is 23.7 Å². The Morgan fingerprint density at radius 3 is 2.78 bits per heavy atom. The Kier molecular flexibility index (Phi) is 10.1. The highest BCUT2D eigenvalue weighted by Crippen LogP contribution is 2.25. The van der Waals surface area contributed by atoms with E-state index in [9.17, 15) is 4.79 Å². The van der Waals surface area contributed by atoms with Crippen molar-refractivity contribution in [2.75, 3.05) is 39.5 Å². The molecule has 5 nitrogen and oxygen atoms in total. The SMILES string of the molecule is CN=C(NCCCCCCC(=O)OC)N1CCC(CSc2ccccc2)C1. The van der Waals surface area contributed by atoms with Crippen LogP contribution in [0.4, 0.5) is 0 Å². The number of methoxy groups -OCH3 is 1. The summed E-state index contributed by atoms with van der Waals surface area (Å²) in [5, 5.41) is 3.49. The maximum Gasteiger partial charge on any atom is 0.305 e. The molecule has 1 atom stereocenters. The van der Waals surface area contributed by atoms with Crippen molar-refractivity contribution in [2.45, 2.75) is 43.4 Å². The fraction of sp³-hybridized carbons (Fsp3) is 0.619. The van der Waals surface area contributed by atoms with E-state index in [0.717, 1.165) is 57.0 Å². The lowest BCUT2D eigenvalue weighted by molar-refractivity contribution is -0.140. The Hall–Kier alpha value is -1.69. The highest BCUT2D eigenvalue weighted by molar-refractivity contribution is 7.99. The minimum absolute atomic E-state index is 0.109. The normalized spacial score (nSPS) is 17.2. The first-order chi connectivity index (χ1) is 13.2. The first-order valence-electron chi connectivity index (χ1n) is 9.93. The topological polar surface area (TPSA) is 53.9 Å². The van der Waals surface area contributed by atoms with Crippen molar-refractivity contribution in [2.24, 2.45) is 10.9 Å². The van der Waals surface area contributed by atoms with Crippen LogP contribution in [0.1, 0.15) is 38.5 Å². The lowest BCUT2D eigenvalue weighted by atomic mass is 10.1. The van der Waals surface area contributed by atoms with Crippen molar-refractivity contribution in [1.82, 2.24) is 10.2 Å². The molecule has 150 valence electrons. The number of nitrogens with one attached hydrogen (secondary N) is 1. The van der Waals surface area contributed by atoms with Gasteiger partial charge in [-0.05, 0) is 37.3 Å². The second-order valence-corrected chi connectivity index (χ2v) is 8.03. The Morgan fingerprint density at radius 2 is 2.04 bits per heavy atom. The summed E-state index contributed by atoms with van der Waals surface area (Å²) in [6.07, 6.45) is 5.96. The van der Waals surface area contributed by atoms with E-state index in [0.29, 0.717) is 12.3 Å². The summed E-state index contributed by atoms with van der Waals surface area (Å²) >= 11 is 1.95. The molecule has 1 fully saturated rings. The van der Waals surface area contributed by atoms with Crippen LogP contribution >= 0.6 is 11.8 Å². The molecule has 0 radical (unpaired) electrons. The highest BCUT2D eigenvalue weighted by atomic mass is 32.2. The van der Waals surface area contributed by atoms with E-state index in [-0.39, 0.29) is 5.97 Å². The second kappa shape index (κ2) is 12.7. The second-order valence-electron chi connectivity index (χ2n) is 6.94. The number of hydrogen-bond donors (Lipinski definition) is 1. The fourth-order valence-corrected chi connectivity index (χ4v) is 4.32. The summed E-state index contributed by atoms with van der Waals surface area (Å²) in [4.78, 5) is 19.3. The third-order valence-electron chi connectivity index (χ3n) is 4.84. The van der Waals surface area contributed by atoms with Gasteiger partial charge in [-0.25, -0.2) is 0 Å². The number of likely N-dealkylation sites (tertiary alicyclic amines) is 1. The van der Waals surface area contributed by atoms with E-state index in [4.69, 9.17) is 0 Å². The number of guanidine groups is 1. The smallest absolute Gasteiger partial charge is 0.305 e. The van der Waals surface area contributed by atoms with Crippen LogP contribution in [0.5, 0.6) is 0 Å². The number of carbonyl (C=O) groups excluding carboxylic acids is 1. The summed E-state index contributed by atoms with van der Waals surface area (Å²) in [6.45, 7) is 3.10. The molecule has 1 aliphatic rings. The first-order valence-corrected chi connectivity index (χ1v) is 10.9. The van der Waals surface area contributed by atoms with Crippen molar-refractivity contribution in [3.05, 3.63) is 30.3 Å². The zero-order valence-corrected chi connectivity index (χ0v) is 17.5. The maximum atomic E-state index is 11.1. The monoisotopic (exact) mass is 391 g/mol. The van der Waals surface area contributed by atoms with Crippen LogP contribution in [0.15, 0.2) is 40.2 Å². The molecule has 6 heteroatoms. The van der Waals surface area contributed by atoms with Crippen LogP contribution in [-0.4, -0.2) is 56.4 Å². The highest BCUT2D eigenvalue weighted by Gasteiger charge is 2.24. The summed E-state index contributed by atoms with van der Waals surface area (Å²) in [5.74, 6) is 2.80. The van der Waals surface area contributed by atoms with E-state index in [2.05, 4.69) is 50.3 Å². The molecular formula is C21H33N3O2S. The largest absolute Gasteiger partial charge is 0.469 e. The predicted molar refractivity (Wildman–Crippen MR) is 113 cm³/mol. The number of aliphatic imine (C=N–C) groups is 1. The molecule has 0 aliphatic carbocycles. The number of rotatable bonds is 10. The maximum absolute atomic E-state index is 11.1. The Labute approximate surface area is 168 Å². The molecule has 1 N–H and O–H groups in total. The van der Waals surface area contributed by atoms with Crippen LogP contribution in [0.25, 0.3) is 0 Å². The zero-order chi connectivity index (χ0) is 19.3. The molecule has 0 aromatic heterocycles. The van der Waals surface area contributed by atoms with Crippen molar-refractivity contribution in [3.63, 3.8) is 0 Å². The number of ether oxygens (including phenoxy) is 1. The van der Waals surface area contributed by atoms with Gasteiger partial charge >= 0.3 is 5.97 Å². The first kappa shape index (κ1) is 21.6. The average molecular weight is 392 g/mol. The number of carbonyl (C=O) groups is 1. The number of esters is 1. The molecule has 1 unspecified atom stereocenters. The molecule has 0 spiro atoms. The van der Waals surface area contributed by atoms with Crippen molar-refractivity contribution in [3.8, 4) is 0 Å². The van der Waals surface area contributed by atoms with Gasteiger partial charge in [-0.1, -0.05) is 31.0 Å². The Morgan fingerprint density at radius 1 is 1.26 bits per heavy atom. The van der Waals surface area contributed by atoms with Gasteiger partial charge in [0, 0.05) is 43.8 Å². The quantitative estimate of drug-likeness (QED) is 0.216. The predicted octanol–water partition coefficient (Wildman–Crippen LogP) is 3.80. The minimum atomic E-state index is -0.109. The van der Waals surface area contributed by atoms with Gasteiger partial charge in [0.1, 0.15) is 0 Å². The van der Waals surface area contributed by atoms with Gasteiger partial charge < -0.3 is 15.0 Å². The molecule has 2 rings (SSSR count). The summed E-state index contributed by atoms with van der Waals surface area (Å²) in [6, 6.07) is 10.6. The number of nitrogens with zero attached hydrogens (tertiary/aromatic N) is 2. The van der Waals surface area contributed by atoms with Crippen LogP contribution in [0.2, 0.25) is 0 Å². The van der Waals surface area contributed by atoms with Crippen LogP contribution in [-0.2, 0) is 9.53 Å². The molecule has 27 heavy (non-hydrogen) atoms. The van der Waals surface area contributed by atoms with Crippen LogP contribution in [0, 0.1) is 5.92 Å². The summed E-state index contributed by atoms with van der Waals surface area (Å²) in [5.41, 5.74) is 0. The lowest BCUT2D eigenvalue weighted by Crippen LogP contribution is -2.40. The third kappa shape index (κ3) is 8.24. The van der Waals surface area contributed by atoms with Crippen LogP contribution < -0.4 is 5.32 Å². The number of unbranched alkanes of at least 4 members (excludes halogenated alkanes) is 3. The van der Waals surface area contributed by atoms with Crippen LogP contribution in [0.3, 0.4) is 0 Å². The van der Waals surface area contributed by atoms with Gasteiger partial charge in [-0.15, -0.1) is 11.8 Å². The molecular weight excluding hydrogens is 358 g/mol. The summed E-state index contributed by atoms with van der Waals surface area (Å²) in [7, 11) is 3.31. The van der Waals surface area contributed by atoms with Crippen molar-refractivity contribution in [1.29, 1.82) is 0 Å². The number of hydrogen-bond acceptors (Lipinski definition) is 4. The standard InChI is InChI=1S/C21H33N3O2S/c1-22-21(23-14-9-4-3-8-12-20(25)26-2)24-15-13-18(16-24)17-27-19-10-6-5-7-11-19/h5-7,10-11,18H,3-4,8-9,12-17H2,1-2H3,(H,22,23). The molecule has 1 aliphatic heterocycles. The zero-order valence-electron chi connectivity index (χ0n) is 16.7. The Bertz CT molecular complexity index is 580. The molecule has 0 amide bonds. The number of benzene rings is 1. The number of thioether (sulfide) groups is 1.